The molecule has 19 heavy (non-hydrogen) atoms. The second-order valence-corrected chi connectivity index (χ2v) is 5.24. The molecule has 1 N–H and O–H groups in total. The van der Waals surface area contributed by atoms with E-state index in [1.54, 1.807) is 7.11 Å². The van der Waals surface area contributed by atoms with E-state index in [9.17, 15) is 0 Å². The molecule has 0 saturated heterocycles. The maximum absolute atomic E-state index is 5.95. The quantitative estimate of drug-likeness (QED) is 0.744. The zero-order valence-electron chi connectivity index (χ0n) is 12.6. The van der Waals surface area contributed by atoms with Crippen LogP contribution in [0.4, 0.5) is 0 Å². The van der Waals surface area contributed by atoms with Gasteiger partial charge in [0.1, 0.15) is 11.9 Å². The number of hydrogen-bond acceptors (Lipinski definition) is 3. The molecule has 0 aliphatic carbocycles. The average Bonchev–Trinajstić information content (AvgIpc) is 2.39. The molecule has 0 amide bonds. The lowest BCUT2D eigenvalue weighted by Gasteiger charge is -2.20. The first kappa shape index (κ1) is 16.0. The van der Waals surface area contributed by atoms with Crippen LogP contribution in [0.3, 0.4) is 0 Å². The Bertz CT molecular complexity index is 335. The lowest BCUT2D eigenvalue weighted by atomic mass is 10.2. The monoisotopic (exact) mass is 265 g/mol. The molecule has 0 radical (unpaired) electrons. The number of methoxy groups -OCH3 is 1. The summed E-state index contributed by atoms with van der Waals surface area (Å²) in [7, 11) is 1.71. The summed E-state index contributed by atoms with van der Waals surface area (Å²) in [6.45, 7) is 8.95. The van der Waals surface area contributed by atoms with E-state index in [0.717, 1.165) is 25.3 Å². The highest BCUT2D eigenvalue weighted by atomic mass is 16.5. The van der Waals surface area contributed by atoms with Gasteiger partial charge in [-0.05, 0) is 36.6 Å². The minimum atomic E-state index is 0.0521. The van der Waals surface area contributed by atoms with Crippen molar-refractivity contribution in [3.63, 3.8) is 0 Å². The molecule has 0 aliphatic rings. The fraction of sp³-hybridized carbons (Fsp3) is 0.625. The largest absolute Gasteiger partial charge is 0.487 e. The summed E-state index contributed by atoms with van der Waals surface area (Å²) in [5.74, 6) is 1.55. The molecular weight excluding hydrogens is 238 g/mol. The molecule has 0 fully saturated rings. The lowest BCUT2D eigenvalue weighted by Crippen LogP contribution is -2.36. The molecular formula is C16H27NO2. The third kappa shape index (κ3) is 6.60. The van der Waals surface area contributed by atoms with Gasteiger partial charge in [-0.25, -0.2) is 0 Å². The van der Waals surface area contributed by atoms with Crippen LogP contribution in [-0.2, 0) is 11.2 Å². The summed E-state index contributed by atoms with van der Waals surface area (Å²) < 4.78 is 11.2. The zero-order chi connectivity index (χ0) is 14.1. The van der Waals surface area contributed by atoms with Gasteiger partial charge in [-0.1, -0.05) is 32.9 Å². The second kappa shape index (κ2) is 8.94. The van der Waals surface area contributed by atoms with Gasteiger partial charge in [0, 0.05) is 13.7 Å². The van der Waals surface area contributed by atoms with Gasteiger partial charge >= 0.3 is 0 Å². The number of nitrogens with one attached hydrogen (secondary N) is 1. The Morgan fingerprint density at radius 3 is 2.32 bits per heavy atom. The topological polar surface area (TPSA) is 30.5 Å². The molecule has 1 rings (SSSR count). The lowest BCUT2D eigenvalue weighted by molar-refractivity contribution is 0.0802. The Balaban J connectivity index is 2.46. The van der Waals surface area contributed by atoms with Gasteiger partial charge in [0.05, 0.1) is 6.61 Å². The van der Waals surface area contributed by atoms with Gasteiger partial charge < -0.3 is 14.8 Å². The third-order valence-electron chi connectivity index (χ3n) is 2.91. The fourth-order valence-corrected chi connectivity index (χ4v) is 1.85. The summed E-state index contributed by atoms with van der Waals surface area (Å²) >= 11 is 0. The Morgan fingerprint density at radius 1 is 1.11 bits per heavy atom. The van der Waals surface area contributed by atoms with E-state index in [1.807, 2.05) is 12.1 Å². The predicted octanol–water partition coefficient (Wildman–Crippen LogP) is 2.89. The molecule has 0 spiro atoms. The number of aryl methyl sites for hydroxylation is 1. The van der Waals surface area contributed by atoms with Gasteiger partial charge in [0.25, 0.3) is 0 Å². The van der Waals surface area contributed by atoms with E-state index in [-0.39, 0.29) is 6.10 Å². The van der Waals surface area contributed by atoms with E-state index in [0.29, 0.717) is 12.5 Å². The summed E-state index contributed by atoms with van der Waals surface area (Å²) in [5, 5.41) is 3.41. The van der Waals surface area contributed by atoms with E-state index in [4.69, 9.17) is 9.47 Å². The molecule has 0 bridgehead atoms. The summed E-state index contributed by atoms with van der Waals surface area (Å²) in [5.41, 5.74) is 1.33. The van der Waals surface area contributed by atoms with Crippen molar-refractivity contribution in [1.82, 2.24) is 5.32 Å². The third-order valence-corrected chi connectivity index (χ3v) is 2.91. The molecule has 0 heterocycles. The Labute approximate surface area is 117 Å². The summed E-state index contributed by atoms with van der Waals surface area (Å²) in [6.07, 6.45) is 1.11. The highest BCUT2D eigenvalue weighted by Crippen LogP contribution is 2.14. The first-order chi connectivity index (χ1) is 9.15. The number of rotatable bonds is 9. The maximum Gasteiger partial charge on any atom is 0.134 e. The summed E-state index contributed by atoms with van der Waals surface area (Å²) in [6, 6.07) is 8.29. The van der Waals surface area contributed by atoms with Crippen LogP contribution in [0.2, 0.25) is 0 Å². The summed E-state index contributed by atoms with van der Waals surface area (Å²) in [4.78, 5) is 0. The smallest absolute Gasteiger partial charge is 0.134 e. The van der Waals surface area contributed by atoms with Crippen LogP contribution in [0.1, 0.15) is 26.3 Å². The highest BCUT2D eigenvalue weighted by molar-refractivity contribution is 5.27. The minimum Gasteiger partial charge on any atom is -0.487 e. The zero-order valence-corrected chi connectivity index (χ0v) is 12.6. The van der Waals surface area contributed by atoms with Crippen LogP contribution >= 0.6 is 0 Å². The fourth-order valence-electron chi connectivity index (χ4n) is 1.85. The molecule has 1 atom stereocenters. The standard InChI is InChI=1S/C16H27NO2/c1-5-14-6-8-15(9-7-14)19-16(12-18-4)11-17-10-13(2)3/h6-9,13,16-17H,5,10-12H2,1-4H3. The predicted molar refractivity (Wildman–Crippen MR) is 79.8 cm³/mol. The van der Waals surface area contributed by atoms with E-state index in [2.05, 4.69) is 38.2 Å². The molecule has 0 aliphatic heterocycles. The molecule has 0 saturated carbocycles. The first-order valence-electron chi connectivity index (χ1n) is 7.11. The molecule has 1 unspecified atom stereocenters. The molecule has 3 nitrogen and oxygen atoms in total. The minimum absolute atomic E-state index is 0.0521. The first-order valence-corrected chi connectivity index (χ1v) is 7.11. The normalized spacial score (nSPS) is 12.7. The SMILES string of the molecule is CCc1ccc(OC(CNCC(C)C)COC)cc1. The van der Waals surface area contributed by atoms with Crippen molar-refractivity contribution in [2.45, 2.75) is 33.3 Å². The van der Waals surface area contributed by atoms with Gasteiger partial charge in [0.2, 0.25) is 0 Å². The van der Waals surface area contributed by atoms with Gasteiger partial charge in [-0.15, -0.1) is 0 Å². The van der Waals surface area contributed by atoms with Gasteiger partial charge in [-0.3, -0.25) is 0 Å². The van der Waals surface area contributed by atoms with Crippen LogP contribution in [0.5, 0.6) is 5.75 Å². The second-order valence-electron chi connectivity index (χ2n) is 5.24. The Morgan fingerprint density at radius 2 is 1.79 bits per heavy atom. The molecule has 3 heteroatoms. The maximum atomic E-state index is 5.95. The van der Waals surface area contributed by atoms with Crippen LogP contribution < -0.4 is 10.1 Å². The Hall–Kier alpha value is -1.06. The molecule has 1 aromatic rings. The van der Waals surface area contributed by atoms with Crippen LogP contribution in [0, 0.1) is 5.92 Å². The van der Waals surface area contributed by atoms with Crippen molar-refractivity contribution in [2.75, 3.05) is 26.8 Å². The molecule has 0 aromatic heterocycles. The van der Waals surface area contributed by atoms with Crippen molar-refractivity contribution in [3.05, 3.63) is 29.8 Å². The van der Waals surface area contributed by atoms with Crippen molar-refractivity contribution < 1.29 is 9.47 Å². The average molecular weight is 265 g/mol. The van der Waals surface area contributed by atoms with Crippen LogP contribution in [0.15, 0.2) is 24.3 Å². The number of hydrogen-bond donors (Lipinski definition) is 1. The van der Waals surface area contributed by atoms with Crippen molar-refractivity contribution in [1.29, 1.82) is 0 Å². The number of benzene rings is 1. The van der Waals surface area contributed by atoms with Crippen molar-refractivity contribution in [2.24, 2.45) is 5.92 Å². The Kier molecular flexibility index (Phi) is 7.53. The van der Waals surface area contributed by atoms with Gasteiger partial charge in [-0.2, -0.15) is 0 Å². The van der Waals surface area contributed by atoms with Crippen LogP contribution in [-0.4, -0.2) is 32.9 Å². The number of ether oxygens (including phenoxy) is 2. The van der Waals surface area contributed by atoms with Crippen molar-refractivity contribution >= 4 is 0 Å². The van der Waals surface area contributed by atoms with E-state index >= 15 is 0 Å². The van der Waals surface area contributed by atoms with Crippen molar-refractivity contribution in [3.8, 4) is 5.75 Å². The molecule has 1 aromatic carbocycles. The van der Waals surface area contributed by atoms with E-state index < -0.39 is 0 Å². The van der Waals surface area contributed by atoms with Gasteiger partial charge in [0.15, 0.2) is 0 Å². The molecule has 108 valence electrons. The van der Waals surface area contributed by atoms with Crippen LogP contribution in [0.25, 0.3) is 0 Å². The van der Waals surface area contributed by atoms with E-state index in [1.165, 1.54) is 5.56 Å². The highest BCUT2D eigenvalue weighted by Gasteiger charge is 2.10.